The predicted molar refractivity (Wildman–Crippen MR) is 81.8 cm³/mol. The van der Waals surface area contributed by atoms with Gasteiger partial charge in [0.1, 0.15) is 5.60 Å². The summed E-state index contributed by atoms with van der Waals surface area (Å²) < 4.78 is 40.3. The number of rotatable bonds is 5. The first-order valence-corrected chi connectivity index (χ1v) is 8.10. The molecule has 1 saturated heterocycles. The maximum atomic E-state index is 12.6. The molecule has 1 atom stereocenters. The Kier molecular flexibility index (Phi) is 4.09. The maximum absolute atomic E-state index is 12.6. The Morgan fingerprint density at radius 1 is 1.32 bits per heavy atom. The number of benzene rings is 1. The molecule has 0 bridgehead atoms. The van der Waals surface area contributed by atoms with Crippen LogP contribution in [0.4, 0.5) is 8.78 Å². The fraction of sp³-hybridized carbons (Fsp3) is 0.471. The Balaban J connectivity index is 1.61. The SMILES string of the molecule is O=C(Oc1cc(C2=CC3(CCOC3)ON2)ccc1OC(F)F)C1CC1. The minimum Gasteiger partial charge on any atom is -0.431 e. The van der Waals surface area contributed by atoms with Crippen molar-refractivity contribution in [2.24, 2.45) is 5.92 Å². The smallest absolute Gasteiger partial charge is 0.387 e. The molecule has 6 nitrogen and oxygen atoms in total. The van der Waals surface area contributed by atoms with E-state index in [9.17, 15) is 13.6 Å². The van der Waals surface area contributed by atoms with E-state index in [2.05, 4.69) is 10.2 Å². The Morgan fingerprint density at radius 3 is 2.84 bits per heavy atom. The van der Waals surface area contributed by atoms with Gasteiger partial charge in [-0.1, -0.05) is 0 Å². The lowest BCUT2D eigenvalue weighted by molar-refractivity contribution is -0.136. The largest absolute Gasteiger partial charge is 0.431 e. The van der Waals surface area contributed by atoms with Gasteiger partial charge in [-0.25, -0.2) is 0 Å². The van der Waals surface area contributed by atoms with Crippen LogP contribution in [0.15, 0.2) is 24.3 Å². The highest BCUT2D eigenvalue weighted by Crippen LogP contribution is 2.38. The summed E-state index contributed by atoms with van der Waals surface area (Å²) in [6.45, 7) is -1.95. The lowest BCUT2D eigenvalue weighted by Crippen LogP contribution is -2.29. The van der Waals surface area contributed by atoms with Crippen molar-refractivity contribution in [1.82, 2.24) is 5.48 Å². The first-order chi connectivity index (χ1) is 12.0. The number of halogens is 2. The zero-order valence-corrected chi connectivity index (χ0v) is 13.3. The van der Waals surface area contributed by atoms with Gasteiger partial charge in [-0.05, 0) is 37.1 Å². The number of ether oxygens (including phenoxy) is 3. The number of esters is 1. The molecule has 0 amide bonds. The lowest BCUT2D eigenvalue weighted by atomic mass is 10.0. The molecule has 1 spiro atoms. The zero-order valence-electron chi connectivity index (χ0n) is 13.3. The third kappa shape index (κ3) is 3.45. The van der Waals surface area contributed by atoms with Gasteiger partial charge in [0.25, 0.3) is 0 Å². The van der Waals surface area contributed by atoms with E-state index in [4.69, 9.17) is 14.3 Å². The van der Waals surface area contributed by atoms with Gasteiger partial charge < -0.3 is 14.2 Å². The van der Waals surface area contributed by atoms with E-state index in [1.807, 2.05) is 6.08 Å². The highest BCUT2D eigenvalue weighted by molar-refractivity contribution is 5.79. The van der Waals surface area contributed by atoms with Gasteiger partial charge in [-0.15, -0.1) is 0 Å². The number of nitrogens with one attached hydrogen (secondary N) is 1. The molecule has 4 rings (SSSR count). The van der Waals surface area contributed by atoms with Crippen LogP contribution in [0.5, 0.6) is 11.5 Å². The molecule has 134 valence electrons. The normalized spacial score (nSPS) is 25.2. The summed E-state index contributed by atoms with van der Waals surface area (Å²) in [4.78, 5) is 17.5. The summed E-state index contributed by atoms with van der Waals surface area (Å²) in [5.74, 6) is -0.789. The van der Waals surface area contributed by atoms with Crippen molar-refractivity contribution >= 4 is 11.7 Å². The van der Waals surface area contributed by atoms with Crippen molar-refractivity contribution in [2.75, 3.05) is 13.2 Å². The molecule has 2 fully saturated rings. The first kappa shape index (κ1) is 16.3. The van der Waals surface area contributed by atoms with Gasteiger partial charge in [0, 0.05) is 18.6 Å². The number of hydroxylamine groups is 1. The van der Waals surface area contributed by atoms with Gasteiger partial charge >= 0.3 is 12.6 Å². The van der Waals surface area contributed by atoms with E-state index >= 15 is 0 Å². The maximum Gasteiger partial charge on any atom is 0.387 e. The Bertz CT molecular complexity index is 711. The molecule has 25 heavy (non-hydrogen) atoms. The monoisotopic (exact) mass is 353 g/mol. The Morgan fingerprint density at radius 2 is 2.16 bits per heavy atom. The van der Waals surface area contributed by atoms with Crippen LogP contribution < -0.4 is 15.0 Å². The molecule has 0 aromatic heterocycles. The minimum atomic E-state index is -3.00. The molecule has 3 aliphatic rings. The lowest BCUT2D eigenvalue weighted by Gasteiger charge is -2.15. The zero-order chi connectivity index (χ0) is 17.4. The van der Waals surface area contributed by atoms with E-state index in [0.717, 1.165) is 19.3 Å². The molecule has 1 aromatic rings. The van der Waals surface area contributed by atoms with Gasteiger partial charge in [-0.2, -0.15) is 8.78 Å². The molecule has 1 saturated carbocycles. The summed E-state index contributed by atoms with van der Waals surface area (Å²) >= 11 is 0. The number of carbonyl (C=O) groups excluding carboxylic acids is 1. The molecule has 2 heterocycles. The number of hydrogen-bond donors (Lipinski definition) is 1. The fourth-order valence-corrected chi connectivity index (χ4v) is 2.84. The van der Waals surface area contributed by atoms with Crippen molar-refractivity contribution < 1.29 is 32.6 Å². The summed E-state index contributed by atoms with van der Waals surface area (Å²) in [5.41, 5.74) is 3.62. The molecule has 1 N–H and O–H groups in total. The van der Waals surface area contributed by atoms with Crippen molar-refractivity contribution in [3.8, 4) is 11.5 Å². The molecule has 0 radical (unpaired) electrons. The molecular weight excluding hydrogens is 336 g/mol. The van der Waals surface area contributed by atoms with Gasteiger partial charge in [0.05, 0.1) is 18.2 Å². The molecule has 1 unspecified atom stereocenters. The average molecular weight is 353 g/mol. The number of carbonyl (C=O) groups is 1. The van der Waals surface area contributed by atoms with E-state index < -0.39 is 18.2 Å². The third-order valence-electron chi connectivity index (χ3n) is 4.38. The minimum absolute atomic E-state index is 0.0268. The third-order valence-corrected chi connectivity index (χ3v) is 4.38. The second kappa shape index (κ2) is 6.27. The standard InChI is InChI=1S/C17H17F2NO5/c18-16(19)24-13-4-3-11(7-14(13)23-15(21)10-1-2-10)12-8-17(25-20-12)5-6-22-9-17/h3-4,7-8,10,16,20H,1-2,5-6,9H2. The van der Waals surface area contributed by atoms with Crippen molar-refractivity contribution in [3.63, 3.8) is 0 Å². The summed E-state index contributed by atoms with van der Waals surface area (Å²) in [7, 11) is 0. The topological polar surface area (TPSA) is 66.0 Å². The van der Waals surface area contributed by atoms with E-state index in [-0.39, 0.29) is 17.4 Å². The van der Waals surface area contributed by atoms with Crippen LogP contribution in [-0.4, -0.2) is 31.4 Å². The van der Waals surface area contributed by atoms with Crippen molar-refractivity contribution in [1.29, 1.82) is 0 Å². The van der Waals surface area contributed by atoms with Crippen LogP contribution in [0.25, 0.3) is 5.70 Å². The van der Waals surface area contributed by atoms with Gasteiger partial charge in [0.15, 0.2) is 11.5 Å². The molecule has 1 aromatic carbocycles. The Labute approximate surface area is 142 Å². The predicted octanol–water partition coefficient (Wildman–Crippen LogP) is 2.64. The average Bonchev–Trinajstić information content (AvgIpc) is 3.21. The second-order valence-electron chi connectivity index (χ2n) is 6.36. The molecule has 1 aliphatic carbocycles. The fourth-order valence-electron chi connectivity index (χ4n) is 2.84. The number of alkyl halides is 2. The first-order valence-electron chi connectivity index (χ1n) is 8.10. The van der Waals surface area contributed by atoms with Crippen LogP contribution >= 0.6 is 0 Å². The van der Waals surface area contributed by atoms with Crippen LogP contribution in [0.3, 0.4) is 0 Å². The summed E-state index contributed by atoms with van der Waals surface area (Å²) in [6, 6.07) is 4.45. The van der Waals surface area contributed by atoms with E-state index in [1.54, 1.807) is 6.07 Å². The van der Waals surface area contributed by atoms with Crippen LogP contribution in [0, 0.1) is 5.92 Å². The quantitative estimate of drug-likeness (QED) is 0.648. The summed E-state index contributed by atoms with van der Waals surface area (Å²) in [6.07, 6.45) is 4.13. The second-order valence-corrected chi connectivity index (χ2v) is 6.36. The van der Waals surface area contributed by atoms with Crippen molar-refractivity contribution in [2.45, 2.75) is 31.5 Å². The van der Waals surface area contributed by atoms with E-state index in [1.165, 1.54) is 12.1 Å². The highest BCUT2D eigenvalue weighted by atomic mass is 19.3. The Hall–Kier alpha value is -2.19. The van der Waals surface area contributed by atoms with Gasteiger partial charge in [0.2, 0.25) is 0 Å². The molecular formula is C17H17F2NO5. The van der Waals surface area contributed by atoms with E-state index in [0.29, 0.717) is 24.5 Å². The van der Waals surface area contributed by atoms with Crippen molar-refractivity contribution in [3.05, 3.63) is 29.8 Å². The van der Waals surface area contributed by atoms with Crippen LogP contribution in [-0.2, 0) is 14.4 Å². The highest BCUT2D eigenvalue weighted by Gasteiger charge is 2.39. The van der Waals surface area contributed by atoms with Crippen LogP contribution in [0.1, 0.15) is 24.8 Å². The van der Waals surface area contributed by atoms with Gasteiger partial charge in [-0.3, -0.25) is 15.1 Å². The summed E-state index contributed by atoms with van der Waals surface area (Å²) in [5, 5.41) is 0. The van der Waals surface area contributed by atoms with Crippen LogP contribution in [0.2, 0.25) is 0 Å². The number of hydrogen-bond acceptors (Lipinski definition) is 6. The molecule has 8 heteroatoms. The molecule has 2 aliphatic heterocycles.